The Morgan fingerprint density at radius 2 is 1.96 bits per heavy atom. The van der Waals surface area contributed by atoms with Gasteiger partial charge in [-0.15, -0.1) is 0 Å². The van der Waals surface area contributed by atoms with Crippen molar-refractivity contribution in [2.24, 2.45) is 0 Å². The summed E-state index contributed by atoms with van der Waals surface area (Å²) in [7, 11) is 6.09. The number of anilines is 2. The molecule has 1 aliphatic heterocycles. The van der Waals surface area contributed by atoms with E-state index in [-0.39, 0.29) is 0 Å². The van der Waals surface area contributed by atoms with Gasteiger partial charge in [0.05, 0.1) is 19.0 Å². The third-order valence-electron chi connectivity index (χ3n) is 5.09. The molecule has 1 N–H and O–H groups in total. The first-order valence-corrected chi connectivity index (χ1v) is 9.14. The minimum atomic E-state index is 0.355. The van der Waals surface area contributed by atoms with Gasteiger partial charge in [-0.2, -0.15) is 0 Å². The molecule has 0 bridgehead atoms. The van der Waals surface area contributed by atoms with E-state index in [1.807, 2.05) is 12.3 Å². The van der Waals surface area contributed by atoms with Gasteiger partial charge in [0, 0.05) is 29.9 Å². The fourth-order valence-corrected chi connectivity index (χ4v) is 3.60. The average molecular weight is 342 g/mol. The fraction of sp³-hybridized carbons (Fsp3) is 0.550. The largest absolute Gasteiger partial charge is 0.497 e. The van der Waals surface area contributed by atoms with Crippen LogP contribution in [0.25, 0.3) is 10.8 Å². The summed E-state index contributed by atoms with van der Waals surface area (Å²) in [6.45, 7) is 6.58. The average Bonchev–Trinajstić information content (AvgIpc) is 2.61. The van der Waals surface area contributed by atoms with Crippen LogP contribution in [0.3, 0.4) is 0 Å². The van der Waals surface area contributed by atoms with Crippen molar-refractivity contribution >= 4 is 22.3 Å². The first kappa shape index (κ1) is 17.8. The zero-order chi connectivity index (χ0) is 18.0. The Kier molecular flexibility index (Phi) is 5.33. The number of rotatable bonds is 5. The van der Waals surface area contributed by atoms with Crippen LogP contribution in [-0.4, -0.2) is 56.3 Å². The van der Waals surface area contributed by atoms with Crippen LogP contribution >= 0.6 is 0 Å². The number of pyridine rings is 1. The molecular formula is C20H30N4O. The molecule has 0 amide bonds. The predicted molar refractivity (Wildman–Crippen MR) is 106 cm³/mol. The number of nitrogens with zero attached hydrogens (tertiary/aromatic N) is 3. The van der Waals surface area contributed by atoms with Crippen LogP contribution in [0.4, 0.5) is 11.5 Å². The van der Waals surface area contributed by atoms with Crippen molar-refractivity contribution in [1.82, 2.24) is 9.88 Å². The molecule has 0 saturated carbocycles. The van der Waals surface area contributed by atoms with Gasteiger partial charge < -0.3 is 19.9 Å². The van der Waals surface area contributed by atoms with Gasteiger partial charge in [-0.3, -0.25) is 0 Å². The minimum Gasteiger partial charge on any atom is -0.497 e. The van der Waals surface area contributed by atoms with Crippen LogP contribution in [0, 0.1) is 0 Å². The SMILES string of the molecule is COc1ccc2c(N(C)C3CCN(C)CC3)ncc(NC(C)C)c2c1. The van der Waals surface area contributed by atoms with E-state index < -0.39 is 0 Å². The maximum absolute atomic E-state index is 5.44. The molecule has 0 unspecified atom stereocenters. The van der Waals surface area contributed by atoms with E-state index in [0.717, 1.165) is 35.7 Å². The van der Waals surface area contributed by atoms with E-state index in [4.69, 9.17) is 9.72 Å². The van der Waals surface area contributed by atoms with E-state index in [2.05, 4.69) is 55.2 Å². The number of nitrogens with one attached hydrogen (secondary N) is 1. The van der Waals surface area contributed by atoms with Crippen molar-refractivity contribution < 1.29 is 4.74 Å². The van der Waals surface area contributed by atoms with Crippen molar-refractivity contribution in [3.05, 3.63) is 24.4 Å². The summed E-state index contributed by atoms with van der Waals surface area (Å²) in [6, 6.07) is 7.16. The molecule has 3 rings (SSSR count). The predicted octanol–water partition coefficient (Wildman–Crippen LogP) is 3.59. The second kappa shape index (κ2) is 7.48. The summed E-state index contributed by atoms with van der Waals surface area (Å²) in [5.74, 6) is 1.93. The number of hydrogen-bond donors (Lipinski definition) is 1. The van der Waals surface area contributed by atoms with Crippen molar-refractivity contribution in [1.29, 1.82) is 0 Å². The zero-order valence-corrected chi connectivity index (χ0v) is 16.0. The zero-order valence-electron chi connectivity index (χ0n) is 16.0. The van der Waals surface area contributed by atoms with Gasteiger partial charge in [0.15, 0.2) is 0 Å². The van der Waals surface area contributed by atoms with Crippen molar-refractivity contribution in [3.8, 4) is 5.75 Å². The monoisotopic (exact) mass is 342 g/mol. The lowest BCUT2D eigenvalue weighted by molar-refractivity contribution is 0.252. The summed E-state index contributed by atoms with van der Waals surface area (Å²) in [4.78, 5) is 9.58. The van der Waals surface area contributed by atoms with E-state index >= 15 is 0 Å². The molecule has 1 aromatic heterocycles. The Labute approximate surface area is 151 Å². The Balaban J connectivity index is 2.00. The number of piperidine rings is 1. The van der Waals surface area contributed by atoms with Gasteiger partial charge in [-0.05, 0) is 65.0 Å². The van der Waals surface area contributed by atoms with Gasteiger partial charge in [0.25, 0.3) is 0 Å². The summed E-state index contributed by atoms with van der Waals surface area (Å²) >= 11 is 0. The van der Waals surface area contributed by atoms with Gasteiger partial charge in [0.2, 0.25) is 0 Å². The molecule has 2 heterocycles. The molecule has 25 heavy (non-hydrogen) atoms. The highest BCUT2D eigenvalue weighted by atomic mass is 16.5. The lowest BCUT2D eigenvalue weighted by Gasteiger charge is -2.36. The molecule has 1 fully saturated rings. The molecule has 0 atom stereocenters. The number of fused-ring (bicyclic) bond motifs is 1. The number of methoxy groups -OCH3 is 1. The van der Waals surface area contributed by atoms with Gasteiger partial charge in [-0.1, -0.05) is 0 Å². The van der Waals surface area contributed by atoms with Crippen LogP contribution in [-0.2, 0) is 0 Å². The highest BCUT2D eigenvalue weighted by molar-refractivity contribution is 6.01. The Hall–Kier alpha value is -2.01. The number of aromatic nitrogens is 1. The molecule has 5 nitrogen and oxygen atoms in total. The molecular weight excluding hydrogens is 312 g/mol. The normalized spacial score (nSPS) is 16.4. The van der Waals surface area contributed by atoms with Crippen molar-refractivity contribution in [2.75, 3.05) is 44.5 Å². The van der Waals surface area contributed by atoms with Crippen LogP contribution in [0.1, 0.15) is 26.7 Å². The first-order chi connectivity index (χ1) is 12.0. The lowest BCUT2D eigenvalue weighted by Crippen LogP contribution is -2.42. The van der Waals surface area contributed by atoms with Crippen LogP contribution in [0.5, 0.6) is 5.75 Å². The van der Waals surface area contributed by atoms with E-state index in [9.17, 15) is 0 Å². The standard InChI is InChI=1S/C20H30N4O/c1-14(2)22-19-13-21-20(17-7-6-16(25-5)12-18(17)19)24(4)15-8-10-23(3)11-9-15/h6-7,12-15,22H,8-11H2,1-5H3. The topological polar surface area (TPSA) is 40.6 Å². The molecule has 136 valence electrons. The van der Waals surface area contributed by atoms with E-state index in [0.29, 0.717) is 12.1 Å². The van der Waals surface area contributed by atoms with Crippen molar-refractivity contribution in [3.63, 3.8) is 0 Å². The molecule has 1 aliphatic rings. The molecule has 5 heteroatoms. The van der Waals surface area contributed by atoms with Crippen LogP contribution < -0.4 is 15.0 Å². The fourth-order valence-electron chi connectivity index (χ4n) is 3.60. The van der Waals surface area contributed by atoms with E-state index in [1.54, 1.807) is 7.11 Å². The smallest absolute Gasteiger partial charge is 0.136 e. The van der Waals surface area contributed by atoms with Gasteiger partial charge in [0.1, 0.15) is 11.6 Å². The van der Waals surface area contributed by atoms with Gasteiger partial charge >= 0.3 is 0 Å². The summed E-state index contributed by atoms with van der Waals surface area (Å²) < 4.78 is 5.44. The van der Waals surface area contributed by atoms with Crippen molar-refractivity contribution in [2.45, 2.75) is 38.8 Å². The molecule has 0 spiro atoms. The number of likely N-dealkylation sites (tertiary alicyclic amines) is 1. The number of benzene rings is 1. The summed E-state index contributed by atoms with van der Waals surface area (Å²) in [5.41, 5.74) is 1.06. The number of ether oxygens (including phenoxy) is 1. The maximum Gasteiger partial charge on any atom is 0.136 e. The Morgan fingerprint density at radius 1 is 1.24 bits per heavy atom. The highest BCUT2D eigenvalue weighted by Gasteiger charge is 2.23. The van der Waals surface area contributed by atoms with Crippen LogP contribution in [0.15, 0.2) is 24.4 Å². The summed E-state index contributed by atoms with van der Waals surface area (Å²) in [6.07, 6.45) is 4.32. The second-order valence-electron chi connectivity index (χ2n) is 7.35. The third kappa shape index (κ3) is 3.82. The lowest BCUT2D eigenvalue weighted by atomic mass is 10.0. The first-order valence-electron chi connectivity index (χ1n) is 9.14. The molecule has 1 aromatic carbocycles. The minimum absolute atomic E-state index is 0.355. The Morgan fingerprint density at radius 3 is 2.60 bits per heavy atom. The van der Waals surface area contributed by atoms with Gasteiger partial charge in [-0.25, -0.2) is 4.98 Å². The molecule has 0 radical (unpaired) electrons. The second-order valence-corrected chi connectivity index (χ2v) is 7.35. The molecule has 2 aromatic rings. The molecule has 1 saturated heterocycles. The highest BCUT2D eigenvalue weighted by Crippen LogP contribution is 2.34. The quantitative estimate of drug-likeness (QED) is 0.899. The van der Waals surface area contributed by atoms with E-state index in [1.165, 1.54) is 18.2 Å². The maximum atomic E-state index is 5.44. The van der Waals surface area contributed by atoms with Crippen LogP contribution in [0.2, 0.25) is 0 Å². The molecule has 0 aliphatic carbocycles. The third-order valence-corrected chi connectivity index (χ3v) is 5.09. The number of hydrogen-bond acceptors (Lipinski definition) is 5. The Bertz CT molecular complexity index is 723. The summed E-state index contributed by atoms with van der Waals surface area (Å²) in [5, 5.41) is 5.85.